The van der Waals surface area contributed by atoms with Gasteiger partial charge in [0.2, 0.25) is 0 Å². The van der Waals surface area contributed by atoms with E-state index in [9.17, 15) is 13.2 Å². The number of hydrogen-bond acceptors (Lipinski definition) is 5. The van der Waals surface area contributed by atoms with E-state index >= 15 is 0 Å². The fourth-order valence-electron chi connectivity index (χ4n) is 0.701. The van der Waals surface area contributed by atoms with Crippen LogP contribution in [0.15, 0.2) is 5.16 Å². The highest BCUT2D eigenvalue weighted by Crippen LogP contribution is 1.96. The van der Waals surface area contributed by atoms with Gasteiger partial charge in [-0.05, 0) is 6.42 Å². The van der Waals surface area contributed by atoms with Crippen LogP contribution in [0.1, 0.15) is 20.3 Å². The molecule has 0 fully saturated rings. The number of nitrogens with one attached hydrogen (secondary N) is 1. The Balaban J connectivity index is 4.44. The van der Waals surface area contributed by atoms with Crippen molar-refractivity contribution in [2.24, 2.45) is 5.16 Å². The summed E-state index contributed by atoms with van der Waals surface area (Å²) in [5.74, 6) is -0.122. The average Bonchev–Trinajstić information content (AvgIpc) is 2.23. The molecule has 0 heterocycles. The van der Waals surface area contributed by atoms with E-state index in [4.69, 9.17) is 0 Å². The lowest BCUT2D eigenvalue weighted by molar-refractivity contribution is 0.153. The van der Waals surface area contributed by atoms with E-state index in [0.717, 1.165) is 0 Å². The van der Waals surface area contributed by atoms with Crippen molar-refractivity contribution in [1.82, 2.24) is 5.32 Å². The molecule has 15 heavy (non-hydrogen) atoms. The molecule has 0 aromatic carbocycles. The van der Waals surface area contributed by atoms with Gasteiger partial charge >= 0.3 is 6.09 Å². The molecule has 0 aliphatic rings. The minimum atomic E-state index is -3.13. The van der Waals surface area contributed by atoms with Crippen molar-refractivity contribution in [3.8, 4) is 0 Å². The molecule has 1 amide bonds. The Labute approximate surface area is 89.6 Å². The Morgan fingerprint density at radius 2 is 2.00 bits per heavy atom. The molecule has 1 N–H and O–H groups in total. The largest absolute Gasteiger partial charge is 0.433 e. The highest BCUT2D eigenvalue weighted by molar-refractivity contribution is 7.92. The van der Waals surface area contributed by atoms with Crippen molar-refractivity contribution in [3.05, 3.63) is 0 Å². The molecule has 0 aromatic rings. The van der Waals surface area contributed by atoms with Gasteiger partial charge in [-0.2, -0.15) is 0 Å². The summed E-state index contributed by atoms with van der Waals surface area (Å²) in [7, 11) is -1.73. The van der Waals surface area contributed by atoms with Crippen molar-refractivity contribution in [1.29, 1.82) is 0 Å². The van der Waals surface area contributed by atoms with E-state index < -0.39 is 15.9 Å². The van der Waals surface area contributed by atoms with Gasteiger partial charge in [0, 0.05) is 12.8 Å². The summed E-state index contributed by atoms with van der Waals surface area (Å²) in [4.78, 5) is 15.1. The zero-order valence-electron chi connectivity index (χ0n) is 9.11. The molecular weight excluding hydrogens is 220 g/mol. The third-order valence-electron chi connectivity index (χ3n) is 1.70. The first-order valence-electron chi connectivity index (χ1n) is 4.60. The van der Waals surface area contributed by atoms with Crippen molar-refractivity contribution >= 4 is 21.6 Å². The van der Waals surface area contributed by atoms with Crippen molar-refractivity contribution in [3.63, 3.8) is 0 Å². The Morgan fingerprint density at radius 1 is 1.40 bits per heavy atom. The lowest BCUT2D eigenvalue weighted by atomic mass is 10.3. The fraction of sp³-hybridized carbons (Fsp3) is 0.750. The van der Waals surface area contributed by atoms with Gasteiger partial charge < -0.3 is 5.32 Å². The predicted molar refractivity (Wildman–Crippen MR) is 57.6 cm³/mol. The van der Waals surface area contributed by atoms with Gasteiger partial charge in [-0.1, -0.05) is 19.0 Å². The van der Waals surface area contributed by atoms with Crippen LogP contribution >= 0.6 is 0 Å². The second-order valence-corrected chi connectivity index (χ2v) is 5.17. The van der Waals surface area contributed by atoms with Crippen molar-refractivity contribution in [2.45, 2.75) is 20.3 Å². The molecule has 0 spiro atoms. The van der Waals surface area contributed by atoms with E-state index in [1.807, 2.05) is 0 Å². The van der Waals surface area contributed by atoms with Crippen LogP contribution in [-0.2, 0) is 14.7 Å². The number of carbonyl (C=O) groups is 1. The lowest BCUT2D eigenvalue weighted by Crippen LogP contribution is -2.21. The number of hydrogen-bond donors (Lipinski definition) is 1. The first-order chi connectivity index (χ1) is 6.95. The monoisotopic (exact) mass is 236 g/mol. The SMILES string of the molecule is CCC(CS(=O)(=O)CC)=NOC(=O)NC. The normalized spacial score (nSPS) is 12.3. The lowest BCUT2D eigenvalue weighted by Gasteiger charge is -2.03. The van der Waals surface area contributed by atoms with Crippen LogP contribution in [0.3, 0.4) is 0 Å². The van der Waals surface area contributed by atoms with E-state index in [2.05, 4.69) is 15.3 Å². The van der Waals surface area contributed by atoms with Gasteiger partial charge in [-0.15, -0.1) is 0 Å². The Morgan fingerprint density at radius 3 is 2.40 bits per heavy atom. The zero-order valence-corrected chi connectivity index (χ0v) is 9.93. The topological polar surface area (TPSA) is 84.8 Å². The quantitative estimate of drug-likeness (QED) is 0.429. The molecule has 0 radical (unpaired) electrons. The van der Waals surface area contributed by atoms with E-state index in [1.165, 1.54) is 7.05 Å². The van der Waals surface area contributed by atoms with Crippen LogP contribution in [0.4, 0.5) is 4.79 Å². The third kappa shape index (κ3) is 6.05. The molecule has 6 nitrogen and oxygen atoms in total. The minimum Gasteiger partial charge on any atom is -0.323 e. The summed E-state index contributed by atoms with van der Waals surface area (Å²) in [5.41, 5.74) is 0.334. The molecule has 0 unspecified atom stereocenters. The van der Waals surface area contributed by atoms with Gasteiger partial charge in [0.05, 0.1) is 11.5 Å². The number of nitrogens with zero attached hydrogens (tertiary/aromatic N) is 1. The van der Waals surface area contributed by atoms with Crippen LogP contribution in [0, 0.1) is 0 Å². The average molecular weight is 236 g/mol. The standard InChI is InChI=1S/C8H16N2O4S/c1-4-7(6-15(12,13)5-2)10-14-8(11)9-3/h4-6H2,1-3H3,(H,9,11). The number of carbonyl (C=O) groups excluding carboxylic acids is 1. The number of amides is 1. The van der Waals surface area contributed by atoms with Crippen molar-refractivity contribution in [2.75, 3.05) is 18.6 Å². The number of oxime groups is 1. The molecule has 0 aliphatic heterocycles. The van der Waals surface area contributed by atoms with Crippen LogP contribution in [-0.4, -0.2) is 38.8 Å². The van der Waals surface area contributed by atoms with E-state index in [0.29, 0.717) is 12.1 Å². The smallest absolute Gasteiger partial charge is 0.323 e. The Bertz CT molecular complexity index is 335. The first-order valence-corrected chi connectivity index (χ1v) is 6.42. The highest BCUT2D eigenvalue weighted by atomic mass is 32.2. The van der Waals surface area contributed by atoms with E-state index in [1.54, 1.807) is 13.8 Å². The van der Waals surface area contributed by atoms with Gasteiger partial charge in [-0.25, -0.2) is 13.2 Å². The second kappa shape index (κ2) is 6.39. The van der Waals surface area contributed by atoms with Crippen LogP contribution in [0.2, 0.25) is 0 Å². The molecule has 0 aliphatic carbocycles. The molecule has 0 saturated carbocycles. The first kappa shape index (κ1) is 13.9. The summed E-state index contributed by atoms with van der Waals surface area (Å²) in [6, 6.07) is 0. The molecule has 0 bridgehead atoms. The molecule has 88 valence electrons. The predicted octanol–water partition coefficient (Wildman–Crippen LogP) is 0.543. The number of sulfone groups is 1. The van der Waals surface area contributed by atoms with Crippen LogP contribution < -0.4 is 5.32 Å². The van der Waals surface area contributed by atoms with E-state index in [-0.39, 0.29) is 11.5 Å². The summed E-state index contributed by atoms with van der Waals surface area (Å²) in [5, 5.41) is 5.68. The summed E-state index contributed by atoms with van der Waals surface area (Å²) >= 11 is 0. The maximum Gasteiger partial charge on any atom is 0.433 e. The fourth-order valence-corrected chi connectivity index (χ4v) is 1.67. The van der Waals surface area contributed by atoms with Gasteiger partial charge in [-0.3, -0.25) is 4.84 Å². The Hall–Kier alpha value is -1.11. The molecular formula is C8H16N2O4S. The van der Waals surface area contributed by atoms with Crippen LogP contribution in [0.25, 0.3) is 0 Å². The van der Waals surface area contributed by atoms with Crippen molar-refractivity contribution < 1.29 is 18.0 Å². The summed E-state index contributed by atoms with van der Waals surface area (Å²) < 4.78 is 22.5. The molecule has 0 saturated heterocycles. The molecule has 0 rings (SSSR count). The second-order valence-electron chi connectivity index (χ2n) is 2.82. The summed E-state index contributed by atoms with van der Waals surface area (Å²) in [6.07, 6.45) is -0.286. The van der Waals surface area contributed by atoms with Gasteiger partial charge in [0.15, 0.2) is 9.84 Å². The minimum absolute atomic E-state index is 0.0476. The van der Waals surface area contributed by atoms with Gasteiger partial charge in [0.1, 0.15) is 0 Å². The zero-order chi connectivity index (χ0) is 11.9. The molecule has 0 aromatic heterocycles. The van der Waals surface area contributed by atoms with Gasteiger partial charge in [0.25, 0.3) is 0 Å². The molecule has 7 heteroatoms. The third-order valence-corrected chi connectivity index (χ3v) is 3.35. The number of rotatable bonds is 5. The maximum atomic E-state index is 11.2. The van der Waals surface area contributed by atoms with Crippen LogP contribution in [0.5, 0.6) is 0 Å². The highest BCUT2D eigenvalue weighted by Gasteiger charge is 2.12. The maximum absolute atomic E-state index is 11.2. The Kier molecular flexibility index (Phi) is 5.92. The molecule has 0 atom stereocenters. The summed E-state index contributed by atoms with van der Waals surface area (Å²) in [6.45, 7) is 3.31.